The number of nitrogens with one attached hydrogen (secondary N) is 1. The lowest BCUT2D eigenvalue weighted by Crippen LogP contribution is -2.50. The van der Waals surface area contributed by atoms with Crippen molar-refractivity contribution in [1.29, 1.82) is 0 Å². The van der Waals surface area contributed by atoms with Crippen molar-refractivity contribution in [2.24, 2.45) is 0 Å². The molecule has 116 valence electrons. The molecule has 3 heteroatoms. The van der Waals surface area contributed by atoms with Gasteiger partial charge in [-0.3, -0.25) is 4.90 Å². The highest BCUT2D eigenvalue weighted by Gasteiger charge is 2.30. The fourth-order valence-corrected chi connectivity index (χ4v) is 3.96. The van der Waals surface area contributed by atoms with Crippen molar-refractivity contribution in [3.8, 4) is 0 Å². The topological polar surface area (TPSA) is 18.5 Å². The summed E-state index contributed by atoms with van der Waals surface area (Å²) in [7, 11) is 2.10. The first-order valence-electron chi connectivity index (χ1n) is 8.41. The maximum absolute atomic E-state index is 3.44. The Morgan fingerprint density at radius 1 is 1.05 bits per heavy atom. The summed E-state index contributed by atoms with van der Waals surface area (Å²) < 4.78 is 0. The molecular formula is C18H29N3. The lowest BCUT2D eigenvalue weighted by atomic mass is 10.1. The Labute approximate surface area is 129 Å². The Kier molecular flexibility index (Phi) is 4.51. The zero-order valence-corrected chi connectivity index (χ0v) is 13.7. The normalized spacial score (nSPS) is 27.3. The van der Waals surface area contributed by atoms with E-state index in [2.05, 4.69) is 54.2 Å². The average molecular weight is 287 g/mol. The molecule has 1 saturated heterocycles. The van der Waals surface area contributed by atoms with Gasteiger partial charge in [-0.25, -0.2) is 0 Å². The van der Waals surface area contributed by atoms with Gasteiger partial charge in [-0.05, 0) is 57.4 Å². The Morgan fingerprint density at radius 3 is 2.48 bits per heavy atom. The molecule has 1 aliphatic carbocycles. The third-order valence-corrected chi connectivity index (χ3v) is 5.56. The number of nitrogens with zero attached hydrogens (tertiary/aromatic N) is 2. The Hall–Kier alpha value is -1.06. The number of benzene rings is 1. The van der Waals surface area contributed by atoms with Gasteiger partial charge >= 0.3 is 0 Å². The molecule has 2 fully saturated rings. The number of piperazine rings is 1. The van der Waals surface area contributed by atoms with Crippen molar-refractivity contribution in [3.63, 3.8) is 0 Å². The van der Waals surface area contributed by atoms with E-state index in [-0.39, 0.29) is 0 Å². The maximum atomic E-state index is 3.44. The second-order valence-corrected chi connectivity index (χ2v) is 6.69. The molecule has 1 N–H and O–H groups in total. The van der Waals surface area contributed by atoms with E-state index in [1.807, 2.05) is 0 Å². The van der Waals surface area contributed by atoms with Crippen LogP contribution in [0.5, 0.6) is 0 Å². The minimum absolute atomic E-state index is 0.743. The van der Waals surface area contributed by atoms with Crippen molar-refractivity contribution >= 4 is 5.69 Å². The van der Waals surface area contributed by atoms with Crippen LogP contribution in [0, 0.1) is 13.8 Å². The lowest BCUT2D eigenvalue weighted by Gasteiger charge is -2.40. The highest BCUT2D eigenvalue weighted by atomic mass is 15.3. The maximum Gasteiger partial charge on any atom is 0.0399 e. The zero-order valence-electron chi connectivity index (χ0n) is 13.7. The minimum Gasteiger partial charge on any atom is -0.369 e. The van der Waals surface area contributed by atoms with Crippen LogP contribution in [0.1, 0.15) is 30.4 Å². The molecule has 1 aromatic carbocycles. The molecule has 2 aliphatic rings. The molecule has 0 bridgehead atoms. The van der Waals surface area contributed by atoms with Crippen LogP contribution in [-0.4, -0.2) is 50.2 Å². The molecule has 1 aliphatic heterocycles. The predicted octanol–water partition coefficient (Wildman–Crippen LogP) is 2.57. The van der Waals surface area contributed by atoms with Crippen LogP contribution in [-0.2, 0) is 0 Å². The van der Waals surface area contributed by atoms with E-state index in [1.54, 1.807) is 0 Å². The fraction of sp³-hybridized carbons (Fsp3) is 0.667. The van der Waals surface area contributed by atoms with E-state index in [1.165, 1.54) is 62.3 Å². The second-order valence-electron chi connectivity index (χ2n) is 6.69. The lowest BCUT2D eigenvalue weighted by molar-refractivity contribution is 0.185. The molecular weight excluding hydrogens is 258 g/mol. The molecule has 2 unspecified atom stereocenters. The molecule has 0 radical (unpaired) electrons. The van der Waals surface area contributed by atoms with Crippen molar-refractivity contribution in [3.05, 3.63) is 29.3 Å². The van der Waals surface area contributed by atoms with Gasteiger partial charge < -0.3 is 10.2 Å². The summed E-state index contributed by atoms with van der Waals surface area (Å²) in [6.07, 6.45) is 4.05. The van der Waals surface area contributed by atoms with Gasteiger partial charge in [0, 0.05) is 44.0 Å². The van der Waals surface area contributed by atoms with Crippen LogP contribution in [0.15, 0.2) is 18.2 Å². The molecule has 1 aromatic rings. The second kappa shape index (κ2) is 6.37. The van der Waals surface area contributed by atoms with Crippen molar-refractivity contribution in [1.82, 2.24) is 10.2 Å². The summed E-state index contributed by atoms with van der Waals surface area (Å²) in [5.74, 6) is 0. The first kappa shape index (κ1) is 14.9. The largest absolute Gasteiger partial charge is 0.369 e. The van der Waals surface area contributed by atoms with Crippen molar-refractivity contribution in [2.45, 2.75) is 45.2 Å². The van der Waals surface area contributed by atoms with E-state index in [0.29, 0.717) is 0 Å². The van der Waals surface area contributed by atoms with Gasteiger partial charge in [0.05, 0.1) is 0 Å². The third-order valence-electron chi connectivity index (χ3n) is 5.56. The van der Waals surface area contributed by atoms with E-state index in [9.17, 15) is 0 Å². The average Bonchev–Trinajstić information content (AvgIpc) is 2.99. The third kappa shape index (κ3) is 3.09. The highest BCUT2D eigenvalue weighted by Crippen LogP contribution is 2.28. The van der Waals surface area contributed by atoms with Gasteiger partial charge in [0.15, 0.2) is 0 Å². The number of aryl methyl sites for hydroxylation is 1. The van der Waals surface area contributed by atoms with Crippen molar-refractivity contribution < 1.29 is 0 Å². The summed E-state index contributed by atoms with van der Waals surface area (Å²) in [5, 5.41) is 3.44. The van der Waals surface area contributed by atoms with Gasteiger partial charge in [0.25, 0.3) is 0 Å². The summed E-state index contributed by atoms with van der Waals surface area (Å²) in [5.41, 5.74) is 4.29. The molecule has 0 spiro atoms. The summed E-state index contributed by atoms with van der Waals surface area (Å²) >= 11 is 0. The molecule has 0 aromatic heterocycles. The summed E-state index contributed by atoms with van der Waals surface area (Å²) in [6.45, 7) is 9.25. The monoisotopic (exact) mass is 287 g/mol. The van der Waals surface area contributed by atoms with Crippen LogP contribution >= 0.6 is 0 Å². The van der Waals surface area contributed by atoms with Crippen LogP contribution < -0.4 is 10.2 Å². The fourth-order valence-electron chi connectivity index (χ4n) is 3.96. The Bertz CT molecular complexity index is 477. The summed E-state index contributed by atoms with van der Waals surface area (Å²) in [6, 6.07) is 8.24. The van der Waals surface area contributed by atoms with Crippen LogP contribution in [0.25, 0.3) is 0 Å². The van der Waals surface area contributed by atoms with Gasteiger partial charge in [0.2, 0.25) is 0 Å². The number of hydrogen-bond donors (Lipinski definition) is 1. The van der Waals surface area contributed by atoms with Crippen LogP contribution in [0.4, 0.5) is 5.69 Å². The van der Waals surface area contributed by atoms with E-state index >= 15 is 0 Å². The van der Waals surface area contributed by atoms with Gasteiger partial charge in [-0.15, -0.1) is 0 Å². The smallest absolute Gasteiger partial charge is 0.0399 e. The molecule has 0 amide bonds. The molecule has 21 heavy (non-hydrogen) atoms. The highest BCUT2D eigenvalue weighted by molar-refractivity contribution is 5.56. The molecule has 3 rings (SSSR count). The quantitative estimate of drug-likeness (QED) is 0.922. The Balaban J connectivity index is 1.59. The molecule has 3 nitrogen and oxygen atoms in total. The SMILES string of the molecule is CNC1CCC(N2CCN(c3cccc(C)c3C)CC2)C1. The first-order chi connectivity index (χ1) is 10.2. The number of anilines is 1. The molecule has 1 saturated carbocycles. The van der Waals surface area contributed by atoms with Gasteiger partial charge in [0.1, 0.15) is 0 Å². The minimum atomic E-state index is 0.743. The van der Waals surface area contributed by atoms with Gasteiger partial charge in [-0.2, -0.15) is 0 Å². The van der Waals surface area contributed by atoms with Crippen LogP contribution in [0.2, 0.25) is 0 Å². The number of hydrogen-bond acceptors (Lipinski definition) is 3. The van der Waals surface area contributed by atoms with Gasteiger partial charge in [-0.1, -0.05) is 12.1 Å². The van der Waals surface area contributed by atoms with Crippen molar-refractivity contribution in [2.75, 3.05) is 38.1 Å². The standard InChI is InChI=1S/C18H29N3/c1-14-5-4-6-18(15(14)2)21-11-9-20(10-12-21)17-8-7-16(13-17)19-3/h4-6,16-17,19H,7-13H2,1-3H3. The first-order valence-corrected chi connectivity index (χ1v) is 8.41. The van der Waals surface area contributed by atoms with Crippen LogP contribution in [0.3, 0.4) is 0 Å². The molecule has 2 atom stereocenters. The van der Waals surface area contributed by atoms with E-state index in [4.69, 9.17) is 0 Å². The molecule has 1 heterocycles. The number of rotatable bonds is 3. The summed E-state index contributed by atoms with van der Waals surface area (Å²) in [4.78, 5) is 5.29. The van der Waals surface area contributed by atoms with E-state index in [0.717, 1.165) is 12.1 Å². The van der Waals surface area contributed by atoms with E-state index < -0.39 is 0 Å². The Morgan fingerprint density at radius 2 is 1.81 bits per heavy atom. The predicted molar refractivity (Wildman–Crippen MR) is 90.2 cm³/mol. The zero-order chi connectivity index (χ0) is 14.8.